The zero-order valence-corrected chi connectivity index (χ0v) is 14.5. The van der Waals surface area contributed by atoms with Gasteiger partial charge in [0.1, 0.15) is 12.4 Å². The standard InChI is InChI=1S/C20H27N3O/c1-18-6-5-7-19(21-18)10-11-22-12-14-23(15-13-22)16-17-24-20-8-3-2-4-9-20/h2-9H,10-17H2,1H3. The monoisotopic (exact) mass is 325 g/mol. The Balaban J connectivity index is 1.32. The fourth-order valence-electron chi connectivity index (χ4n) is 3.06. The molecule has 0 N–H and O–H groups in total. The summed E-state index contributed by atoms with van der Waals surface area (Å²) in [5, 5.41) is 0. The molecule has 24 heavy (non-hydrogen) atoms. The van der Waals surface area contributed by atoms with Crippen molar-refractivity contribution in [3.05, 3.63) is 59.9 Å². The van der Waals surface area contributed by atoms with E-state index in [1.807, 2.05) is 30.3 Å². The van der Waals surface area contributed by atoms with Gasteiger partial charge in [0.25, 0.3) is 0 Å². The van der Waals surface area contributed by atoms with E-state index >= 15 is 0 Å². The van der Waals surface area contributed by atoms with E-state index in [2.05, 4.69) is 39.9 Å². The number of aromatic nitrogens is 1. The van der Waals surface area contributed by atoms with E-state index in [-0.39, 0.29) is 0 Å². The van der Waals surface area contributed by atoms with Gasteiger partial charge in [0, 0.05) is 57.1 Å². The Morgan fingerprint density at radius 2 is 1.58 bits per heavy atom. The molecule has 0 unspecified atom stereocenters. The van der Waals surface area contributed by atoms with Gasteiger partial charge >= 0.3 is 0 Å². The first kappa shape index (κ1) is 16.9. The molecule has 4 heteroatoms. The molecule has 2 aromatic rings. The molecule has 1 saturated heterocycles. The van der Waals surface area contributed by atoms with Crippen LogP contribution in [0, 0.1) is 6.92 Å². The summed E-state index contributed by atoms with van der Waals surface area (Å²) in [6.45, 7) is 9.44. The minimum Gasteiger partial charge on any atom is -0.492 e. The van der Waals surface area contributed by atoms with Crippen LogP contribution in [-0.4, -0.2) is 60.7 Å². The summed E-state index contributed by atoms with van der Waals surface area (Å²) in [4.78, 5) is 9.62. The second-order valence-corrected chi connectivity index (χ2v) is 6.37. The Hall–Kier alpha value is -1.91. The molecule has 0 spiro atoms. The third-order valence-electron chi connectivity index (χ3n) is 4.51. The lowest BCUT2D eigenvalue weighted by molar-refractivity contribution is 0.117. The average Bonchev–Trinajstić information content (AvgIpc) is 2.62. The quantitative estimate of drug-likeness (QED) is 0.782. The number of piperazine rings is 1. The highest BCUT2D eigenvalue weighted by Gasteiger charge is 2.16. The predicted molar refractivity (Wildman–Crippen MR) is 97.5 cm³/mol. The van der Waals surface area contributed by atoms with Gasteiger partial charge in [-0.25, -0.2) is 0 Å². The molecule has 1 aliphatic heterocycles. The molecule has 2 heterocycles. The van der Waals surface area contributed by atoms with Gasteiger partial charge < -0.3 is 9.64 Å². The zero-order valence-electron chi connectivity index (χ0n) is 14.5. The van der Waals surface area contributed by atoms with E-state index in [1.54, 1.807) is 0 Å². The van der Waals surface area contributed by atoms with Crippen LogP contribution in [0.25, 0.3) is 0 Å². The van der Waals surface area contributed by atoms with Gasteiger partial charge in [-0.2, -0.15) is 0 Å². The zero-order chi connectivity index (χ0) is 16.6. The van der Waals surface area contributed by atoms with Crippen LogP contribution in [0.2, 0.25) is 0 Å². The van der Waals surface area contributed by atoms with Gasteiger partial charge in [-0.15, -0.1) is 0 Å². The summed E-state index contributed by atoms with van der Waals surface area (Å²) >= 11 is 0. The van der Waals surface area contributed by atoms with Crippen molar-refractivity contribution in [1.82, 2.24) is 14.8 Å². The predicted octanol–water partition coefficient (Wildman–Crippen LogP) is 2.63. The Morgan fingerprint density at radius 1 is 0.875 bits per heavy atom. The van der Waals surface area contributed by atoms with Crippen LogP contribution in [-0.2, 0) is 6.42 Å². The Bertz CT molecular complexity index is 609. The number of benzene rings is 1. The van der Waals surface area contributed by atoms with E-state index in [0.29, 0.717) is 0 Å². The van der Waals surface area contributed by atoms with Gasteiger partial charge in [-0.05, 0) is 31.2 Å². The van der Waals surface area contributed by atoms with Crippen molar-refractivity contribution in [2.75, 3.05) is 45.9 Å². The normalized spacial score (nSPS) is 16.2. The largest absolute Gasteiger partial charge is 0.492 e. The third-order valence-corrected chi connectivity index (χ3v) is 4.51. The fraction of sp³-hybridized carbons (Fsp3) is 0.450. The molecule has 1 aromatic heterocycles. The molecule has 4 nitrogen and oxygen atoms in total. The van der Waals surface area contributed by atoms with E-state index in [4.69, 9.17) is 4.74 Å². The van der Waals surface area contributed by atoms with Gasteiger partial charge in [0.05, 0.1) is 0 Å². The SMILES string of the molecule is Cc1cccc(CCN2CCN(CCOc3ccccc3)CC2)n1. The first-order valence-corrected chi connectivity index (χ1v) is 8.85. The van der Waals surface area contributed by atoms with Gasteiger partial charge in [-0.1, -0.05) is 24.3 Å². The van der Waals surface area contributed by atoms with Crippen LogP contribution in [0.15, 0.2) is 48.5 Å². The molecule has 0 radical (unpaired) electrons. The van der Waals surface area contributed by atoms with Gasteiger partial charge in [0.15, 0.2) is 0 Å². The summed E-state index contributed by atoms with van der Waals surface area (Å²) < 4.78 is 5.79. The second-order valence-electron chi connectivity index (χ2n) is 6.37. The fourth-order valence-corrected chi connectivity index (χ4v) is 3.06. The maximum absolute atomic E-state index is 5.79. The first-order chi connectivity index (χ1) is 11.8. The van der Waals surface area contributed by atoms with Crippen LogP contribution < -0.4 is 4.74 Å². The number of hydrogen-bond acceptors (Lipinski definition) is 4. The molecule has 0 aliphatic carbocycles. The number of pyridine rings is 1. The molecule has 1 aliphatic rings. The summed E-state index contributed by atoms with van der Waals surface area (Å²) in [6.07, 6.45) is 1.04. The third kappa shape index (κ3) is 5.32. The Kier molecular flexibility index (Phi) is 6.21. The topological polar surface area (TPSA) is 28.6 Å². The number of para-hydroxylation sites is 1. The molecule has 3 rings (SSSR count). The van der Waals surface area contributed by atoms with Crippen molar-refractivity contribution >= 4 is 0 Å². The van der Waals surface area contributed by atoms with Gasteiger partial charge in [-0.3, -0.25) is 9.88 Å². The van der Waals surface area contributed by atoms with Crippen molar-refractivity contribution in [3.63, 3.8) is 0 Å². The van der Waals surface area contributed by atoms with Crippen molar-refractivity contribution in [3.8, 4) is 5.75 Å². The molecule has 0 bridgehead atoms. The van der Waals surface area contributed by atoms with E-state index in [1.165, 1.54) is 5.69 Å². The van der Waals surface area contributed by atoms with E-state index in [0.717, 1.165) is 63.7 Å². The maximum Gasteiger partial charge on any atom is 0.119 e. The van der Waals surface area contributed by atoms with Crippen molar-refractivity contribution in [2.24, 2.45) is 0 Å². The Labute approximate surface area is 145 Å². The highest BCUT2D eigenvalue weighted by atomic mass is 16.5. The number of aryl methyl sites for hydroxylation is 1. The molecule has 1 aromatic carbocycles. The smallest absolute Gasteiger partial charge is 0.119 e. The molecule has 128 valence electrons. The van der Waals surface area contributed by atoms with Crippen molar-refractivity contribution in [1.29, 1.82) is 0 Å². The highest BCUT2D eigenvalue weighted by molar-refractivity contribution is 5.20. The van der Waals surface area contributed by atoms with E-state index in [9.17, 15) is 0 Å². The van der Waals surface area contributed by atoms with Crippen LogP contribution in [0.1, 0.15) is 11.4 Å². The van der Waals surface area contributed by atoms with Crippen molar-refractivity contribution in [2.45, 2.75) is 13.3 Å². The highest BCUT2D eigenvalue weighted by Crippen LogP contribution is 2.09. The molecule has 1 fully saturated rings. The molecule has 0 saturated carbocycles. The molecule has 0 amide bonds. The van der Waals surface area contributed by atoms with E-state index < -0.39 is 0 Å². The number of hydrogen-bond donors (Lipinski definition) is 0. The number of ether oxygens (including phenoxy) is 1. The van der Waals surface area contributed by atoms with Gasteiger partial charge in [0.2, 0.25) is 0 Å². The second kappa shape index (κ2) is 8.81. The van der Waals surface area contributed by atoms with Crippen molar-refractivity contribution < 1.29 is 4.74 Å². The van der Waals surface area contributed by atoms with Crippen LogP contribution >= 0.6 is 0 Å². The van der Waals surface area contributed by atoms with Crippen LogP contribution in [0.4, 0.5) is 0 Å². The van der Waals surface area contributed by atoms with Crippen LogP contribution in [0.5, 0.6) is 5.75 Å². The minimum absolute atomic E-state index is 0.761. The Morgan fingerprint density at radius 3 is 2.29 bits per heavy atom. The lowest BCUT2D eigenvalue weighted by Gasteiger charge is -2.34. The molecular weight excluding hydrogens is 298 g/mol. The number of rotatable bonds is 7. The summed E-state index contributed by atoms with van der Waals surface area (Å²) in [5.41, 5.74) is 2.31. The molecule has 0 atom stereocenters. The maximum atomic E-state index is 5.79. The molecular formula is C20H27N3O. The number of nitrogens with zero attached hydrogens (tertiary/aromatic N) is 3. The lowest BCUT2D eigenvalue weighted by atomic mass is 10.2. The summed E-state index contributed by atoms with van der Waals surface area (Å²) in [5.74, 6) is 0.960. The summed E-state index contributed by atoms with van der Waals surface area (Å²) in [6, 6.07) is 16.3. The van der Waals surface area contributed by atoms with Crippen LogP contribution in [0.3, 0.4) is 0 Å². The lowest BCUT2D eigenvalue weighted by Crippen LogP contribution is -2.47. The minimum atomic E-state index is 0.761. The first-order valence-electron chi connectivity index (χ1n) is 8.85. The average molecular weight is 325 g/mol. The summed E-state index contributed by atoms with van der Waals surface area (Å²) in [7, 11) is 0.